The number of rotatable bonds is 7. The maximum Gasteiger partial charge on any atom is 0.407 e. The van der Waals surface area contributed by atoms with Crippen molar-refractivity contribution in [1.82, 2.24) is 10.6 Å². The first-order valence-electron chi connectivity index (χ1n) is 9.54. The van der Waals surface area contributed by atoms with E-state index in [9.17, 15) is 19.5 Å². The molecule has 4 N–H and O–H groups in total. The second kappa shape index (κ2) is 8.54. The van der Waals surface area contributed by atoms with Crippen molar-refractivity contribution in [3.63, 3.8) is 0 Å². The van der Waals surface area contributed by atoms with E-state index in [-0.39, 0.29) is 12.5 Å². The summed E-state index contributed by atoms with van der Waals surface area (Å²) in [5, 5.41) is 23.0. The van der Waals surface area contributed by atoms with E-state index in [0.717, 1.165) is 22.3 Å². The van der Waals surface area contributed by atoms with Gasteiger partial charge in [0.25, 0.3) is 0 Å². The number of hydrogen-bond donors (Lipinski definition) is 4. The number of carbonyl (C=O) groups is 3. The van der Waals surface area contributed by atoms with Crippen molar-refractivity contribution in [3.8, 4) is 11.1 Å². The number of aliphatic hydroxyl groups excluding tert-OH is 1. The number of hydrogen-bond acceptors (Lipinski definition) is 5. The molecular formula is C22H24N2O6. The average Bonchev–Trinajstić information content (AvgIpc) is 3.05. The predicted octanol–water partition coefficient (Wildman–Crippen LogP) is 1.87. The highest BCUT2D eigenvalue weighted by molar-refractivity contribution is 5.91. The molecule has 8 nitrogen and oxygen atoms in total. The number of carboxylic acid groups (broad SMARTS) is 1. The van der Waals surface area contributed by atoms with Gasteiger partial charge in [-0.2, -0.15) is 0 Å². The first-order valence-corrected chi connectivity index (χ1v) is 9.54. The summed E-state index contributed by atoms with van der Waals surface area (Å²) < 4.78 is 5.37. The van der Waals surface area contributed by atoms with Gasteiger partial charge in [0.15, 0.2) is 5.54 Å². The summed E-state index contributed by atoms with van der Waals surface area (Å²) in [6.45, 7) is 1.88. The van der Waals surface area contributed by atoms with Crippen molar-refractivity contribution in [2.75, 3.05) is 13.2 Å². The zero-order valence-electron chi connectivity index (χ0n) is 16.7. The molecule has 8 heteroatoms. The minimum Gasteiger partial charge on any atom is -0.479 e. The van der Waals surface area contributed by atoms with Crippen molar-refractivity contribution in [2.45, 2.75) is 31.3 Å². The molecule has 2 amide bonds. The maximum atomic E-state index is 12.2. The van der Waals surface area contributed by atoms with Crippen LogP contribution >= 0.6 is 0 Å². The fraction of sp³-hybridized carbons (Fsp3) is 0.318. The van der Waals surface area contributed by atoms with Crippen LogP contribution in [0.1, 0.15) is 30.9 Å². The Balaban J connectivity index is 1.61. The molecule has 0 fully saturated rings. The van der Waals surface area contributed by atoms with Crippen molar-refractivity contribution < 1.29 is 29.3 Å². The number of aliphatic carboxylic acids is 1. The van der Waals surface area contributed by atoms with Crippen LogP contribution < -0.4 is 10.6 Å². The number of nitrogens with one attached hydrogen (secondary N) is 2. The Morgan fingerprint density at radius 1 is 1.07 bits per heavy atom. The zero-order chi connectivity index (χ0) is 21.9. The SMILES string of the molecule is CC(NC(=O)OCC1c2ccccc2-c2ccccc21)C(=O)NC(C)(CO)C(=O)O. The summed E-state index contributed by atoms with van der Waals surface area (Å²) in [6, 6.07) is 14.8. The van der Waals surface area contributed by atoms with E-state index in [1.165, 1.54) is 13.8 Å². The minimum absolute atomic E-state index is 0.0949. The van der Waals surface area contributed by atoms with Crippen molar-refractivity contribution in [1.29, 1.82) is 0 Å². The summed E-state index contributed by atoms with van der Waals surface area (Å²) >= 11 is 0. The number of alkyl carbamates (subject to hydrolysis) is 1. The van der Waals surface area contributed by atoms with Gasteiger partial charge in [-0.05, 0) is 36.1 Å². The standard InChI is InChI=1S/C22H24N2O6/c1-13(19(26)24-22(2,12-25)20(27)28)23-21(29)30-11-18-16-9-5-3-7-14(16)15-8-4-6-10-17(15)18/h3-10,13,18,25H,11-12H2,1-2H3,(H,23,29)(H,24,26)(H,27,28). The summed E-state index contributed by atoms with van der Waals surface area (Å²) in [7, 11) is 0. The molecule has 3 rings (SSSR count). The Morgan fingerprint density at radius 3 is 2.10 bits per heavy atom. The maximum absolute atomic E-state index is 12.2. The molecule has 0 radical (unpaired) electrons. The van der Waals surface area contributed by atoms with Gasteiger partial charge in [-0.25, -0.2) is 9.59 Å². The van der Waals surface area contributed by atoms with Gasteiger partial charge in [-0.3, -0.25) is 4.79 Å². The summed E-state index contributed by atoms with van der Waals surface area (Å²) in [4.78, 5) is 35.6. The molecule has 2 unspecified atom stereocenters. The highest BCUT2D eigenvalue weighted by atomic mass is 16.5. The third kappa shape index (κ3) is 4.13. The van der Waals surface area contributed by atoms with Crippen molar-refractivity contribution in [2.24, 2.45) is 0 Å². The lowest BCUT2D eigenvalue weighted by molar-refractivity contribution is -0.148. The number of fused-ring (bicyclic) bond motifs is 3. The topological polar surface area (TPSA) is 125 Å². The van der Waals surface area contributed by atoms with Gasteiger partial charge in [-0.15, -0.1) is 0 Å². The van der Waals surface area contributed by atoms with Crippen LogP contribution in [0, 0.1) is 0 Å². The molecule has 2 aromatic rings. The lowest BCUT2D eigenvalue weighted by Gasteiger charge is -2.25. The van der Waals surface area contributed by atoms with E-state index < -0.39 is 36.2 Å². The van der Waals surface area contributed by atoms with Gasteiger partial charge < -0.3 is 25.6 Å². The van der Waals surface area contributed by atoms with Crippen LogP contribution in [0.2, 0.25) is 0 Å². The first-order chi connectivity index (χ1) is 14.3. The summed E-state index contributed by atoms with van der Waals surface area (Å²) in [5.74, 6) is -2.24. The van der Waals surface area contributed by atoms with E-state index in [2.05, 4.69) is 10.6 Å². The summed E-state index contributed by atoms with van der Waals surface area (Å²) in [5.41, 5.74) is 2.50. The molecule has 158 valence electrons. The Morgan fingerprint density at radius 2 is 1.60 bits per heavy atom. The normalized spacial score (nSPS) is 15.3. The van der Waals surface area contributed by atoms with Gasteiger partial charge >= 0.3 is 12.1 Å². The highest BCUT2D eigenvalue weighted by Crippen LogP contribution is 2.44. The number of carboxylic acids is 1. The van der Waals surface area contributed by atoms with E-state index in [0.29, 0.717) is 0 Å². The van der Waals surface area contributed by atoms with Crippen LogP contribution in [0.15, 0.2) is 48.5 Å². The van der Waals surface area contributed by atoms with Crippen LogP contribution in [0.25, 0.3) is 11.1 Å². The number of ether oxygens (including phenoxy) is 1. The second-order valence-electron chi connectivity index (χ2n) is 7.48. The van der Waals surface area contributed by atoms with Gasteiger partial charge in [0, 0.05) is 5.92 Å². The summed E-state index contributed by atoms with van der Waals surface area (Å²) in [6.07, 6.45) is -0.791. The third-order valence-electron chi connectivity index (χ3n) is 5.26. The lowest BCUT2D eigenvalue weighted by Crippen LogP contribution is -2.59. The molecule has 0 heterocycles. The zero-order valence-corrected chi connectivity index (χ0v) is 16.7. The van der Waals surface area contributed by atoms with Crippen LogP contribution in [-0.2, 0) is 14.3 Å². The Hall–Kier alpha value is -3.39. The van der Waals surface area contributed by atoms with Crippen LogP contribution in [0.5, 0.6) is 0 Å². The second-order valence-corrected chi connectivity index (χ2v) is 7.48. The average molecular weight is 412 g/mol. The fourth-order valence-electron chi connectivity index (χ4n) is 3.42. The van der Waals surface area contributed by atoms with Crippen molar-refractivity contribution >= 4 is 18.0 Å². The smallest absolute Gasteiger partial charge is 0.407 e. The largest absolute Gasteiger partial charge is 0.479 e. The van der Waals surface area contributed by atoms with E-state index >= 15 is 0 Å². The van der Waals surface area contributed by atoms with E-state index in [1.54, 1.807) is 0 Å². The van der Waals surface area contributed by atoms with Crippen LogP contribution in [-0.4, -0.2) is 53.0 Å². The molecule has 0 spiro atoms. The van der Waals surface area contributed by atoms with Gasteiger partial charge in [0.1, 0.15) is 12.6 Å². The number of aliphatic hydroxyl groups is 1. The molecule has 1 aliphatic carbocycles. The quantitative estimate of drug-likeness (QED) is 0.550. The molecule has 0 saturated carbocycles. The lowest BCUT2D eigenvalue weighted by atomic mass is 9.98. The molecular weight excluding hydrogens is 388 g/mol. The first kappa shape index (κ1) is 21.3. The molecule has 2 atom stereocenters. The fourth-order valence-corrected chi connectivity index (χ4v) is 3.42. The molecule has 0 saturated heterocycles. The molecule has 0 aliphatic heterocycles. The molecule has 2 aromatic carbocycles. The van der Waals surface area contributed by atoms with Crippen LogP contribution in [0.4, 0.5) is 4.79 Å². The molecule has 30 heavy (non-hydrogen) atoms. The van der Waals surface area contributed by atoms with E-state index in [4.69, 9.17) is 9.84 Å². The molecule has 0 aromatic heterocycles. The minimum atomic E-state index is -1.84. The predicted molar refractivity (Wildman–Crippen MR) is 109 cm³/mol. The van der Waals surface area contributed by atoms with Gasteiger partial charge in [0.2, 0.25) is 5.91 Å². The highest BCUT2D eigenvalue weighted by Gasteiger charge is 2.36. The number of benzene rings is 2. The number of carbonyl (C=O) groups excluding carboxylic acids is 2. The number of amides is 2. The van der Waals surface area contributed by atoms with Crippen molar-refractivity contribution in [3.05, 3.63) is 59.7 Å². The van der Waals surface area contributed by atoms with Gasteiger partial charge in [-0.1, -0.05) is 48.5 Å². The molecule has 0 bridgehead atoms. The third-order valence-corrected chi connectivity index (χ3v) is 5.26. The van der Waals surface area contributed by atoms with E-state index in [1.807, 2.05) is 48.5 Å². The van der Waals surface area contributed by atoms with Crippen LogP contribution in [0.3, 0.4) is 0 Å². The molecule has 1 aliphatic rings. The monoisotopic (exact) mass is 412 g/mol. The Labute approximate surface area is 173 Å². The Kier molecular flexibility index (Phi) is 6.07. The Bertz CT molecular complexity index is 930. The van der Waals surface area contributed by atoms with Gasteiger partial charge in [0.05, 0.1) is 6.61 Å².